The maximum atomic E-state index is 13.5. The van der Waals surface area contributed by atoms with Gasteiger partial charge >= 0.3 is 6.18 Å². The third-order valence-electron chi connectivity index (χ3n) is 4.23. The second-order valence-electron chi connectivity index (χ2n) is 5.78. The molecule has 118 valence electrons. The second-order valence-corrected chi connectivity index (χ2v) is 5.78. The van der Waals surface area contributed by atoms with E-state index in [9.17, 15) is 22.0 Å². The normalized spacial score (nSPS) is 22.5. The fraction of sp³-hybridized carbons (Fsp3) is 0.375. The first kappa shape index (κ1) is 15.1. The number of allylic oxidation sites excluding steroid dienone is 2. The van der Waals surface area contributed by atoms with Crippen LogP contribution in [-0.4, -0.2) is 12.5 Å². The number of dihydropyridines is 1. The summed E-state index contributed by atoms with van der Waals surface area (Å²) < 4.78 is 64.9. The number of hydrogen-bond donors (Lipinski definition) is 1. The van der Waals surface area contributed by atoms with E-state index in [1.165, 1.54) is 12.1 Å². The second kappa shape index (κ2) is 4.83. The van der Waals surface area contributed by atoms with Gasteiger partial charge in [-0.2, -0.15) is 13.2 Å². The molecule has 0 saturated heterocycles. The highest BCUT2D eigenvalue weighted by molar-refractivity contribution is 5.47. The maximum Gasteiger partial charge on any atom is 0.416 e. The first-order valence-electron chi connectivity index (χ1n) is 6.89. The van der Waals surface area contributed by atoms with E-state index in [4.69, 9.17) is 0 Å². The number of nitrogens with one attached hydrogen (secondary N) is 1. The molecule has 1 N–H and O–H groups in total. The summed E-state index contributed by atoms with van der Waals surface area (Å²) in [6.07, 6.45) is 0.0567. The van der Waals surface area contributed by atoms with Crippen molar-refractivity contribution in [1.82, 2.24) is 5.32 Å². The molecule has 2 aliphatic rings. The number of rotatable bonds is 2. The van der Waals surface area contributed by atoms with Crippen molar-refractivity contribution < 1.29 is 22.0 Å². The van der Waals surface area contributed by atoms with Crippen LogP contribution < -0.4 is 5.32 Å². The van der Waals surface area contributed by atoms with Crippen molar-refractivity contribution >= 4 is 0 Å². The van der Waals surface area contributed by atoms with E-state index < -0.39 is 23.1 Å². The predicted molar refractivity (Wildman–Crippen MR) is 72.5 cm³/mol. The van der Waals surface area contributed by atoms with E-state index in [0.717, 1.165) is 12.1 Å². The molecule has 1 nitrogen and oxygen atoms in total. The van der Waals surface area contributed by atoms with Crippen LogP contribution in [0.1, 0.15) is 24.0 Å². The van der Waals surface area contributed by atoms with E-state index >= 15 is 0 Å². The van der Waals surface area contributed by atoms with E-state index in [0.29, 0.717) is 17.7 Å². The maximum absolute atomic E-state index is 13.5. The SMILES string of the molecule is FC1(F)CC(C2=CNCC=C2)(c2ccc(C(F)(F)F)cc2)C1. The van der Waals surface area contributed by atoms with Gasteiger partial charge in [0.2, 0.25) is 0 Å². The average molecular weight is 315 g/mol. The van der Waals surface area contributed by atoms with Gasteiger partial charge in [-0.3, -0.25) is 0 Å². The molecule has 0 spiro atoms. The van der Waals surface area contributed by atoms with Crippen LogP contribution in [0.15, 0.2) is 48.2 Å². The molecule has 0 amide bonds. The van der Waals surface area contributed by atoms with Crippen LogP contribution in [0.5, 0.6) is 0 Å². The van der Waals surface area contributed by atoms with Gasteiger partial charge in [-0.1, -0.05) is 24.3 Å². The molecule has 1 aliphatic heterocycles. The van der Waals surface area contributed by atoms with Crippen molar-refractivity contribution in [3.8, 4) is 0 Å². The van der Waals surface area contributed by atoms with Crippen molar-refractivity contribution in [2.24, 2.45) is 0 Å². The van der Waals surface area contributed by atoms with Crippen LogP contribution >= 0.6 is 0 Å². The molecule has 1 aromatic carbocycles. The molecule has 1 aliphatic carbocycles. The van der Waals surface area contributed by atoms with E-state index in [-0.39, 0.29) is 12.8 Å². The highest BCUT2D eigenvalue weighted by Gasteiger charge is 2.58. The van der Waals surface area contributed by atoms with Crippen molar-refractivity contribution in [2.45, 2.75) is 30.4 Å². The number of hydrogen-bond acceptors (Lipinski definition) is 1. The van der Waals surface area contributed by atoms with Crippen molar-refractivity contribution in [2.75, 3.05) is 6.54 Å². The van der Waals surface area contributed by atoms with Gasteiger partial charge in [0.05, 0.1) is 5.56 Å². The fourth-order valence-corrected chi connectivity index (χ4v) is 3.15. The third-order valence-corrected chi connectivity index (χ3v) is 4.23. The monoisotopic (exact) mass is 315 g/mol. The number of benzene rings is 1. The molecule has 6 heteroatoms. The van der Waals surface area contributed by atoms with Crippen molar-refractivity contribution in [3.63, 3.8) is 0 Å². The fourth-order valence-electron chi connectivity index (χ4n) is 3.15. The zero-order chi connectivity index (χ0) is 16.0. The summed E-state index contributed by atoms with van der Waals surface area (Å²) in [5.41, 5.74) is -0.517. The average Bonchev–Trinajstić information content (AvgIpc) is 2.44. The predicted octanol–water partition coefficient (Wildman–Crippen LogP) is 4.42. The first-order valence-corrected chi connectivity index (χ1v) is 6.89. The Morgan fingerprint density at radius 3 is 2.09 bits per heavy atom. The molecular formula is C16H14F5N. The van der Waals surface area contributed by atoms with Crippen LogP contribution in [0.4, 0.5) is 22.0 Å². The Morgan fingerprint density at radius 2 is 1.64 bits per heavy atom. The molecule has 0 atom stereocenters. The molecule has 22 heavy (non-hydrogen) atoms. The number of halogens is 5. The van der Waals surface area contributed by atoms with Crippen LogP contribution in [0.3, 0.4) is 0 Å². The summed E-state index contributed by atoms with van der Waals surface area (Å²) in [6.45, 7) is 0.614. The van der Waals surface area contributed by atoms with Crippen LogP contribution in [0.2, 0.25) is 0 Å². The zero-order valence-corrected chi connectivity index (χ0v) is 11.6. The Kier molecular flexibility index (Phi) is 3.30. The lowest BCUT2D eigenvalue weighted by atomic mass is 9.58. The van der Waals surface area contributed by atoms with Crippen molar-refractivity contribution in [1.29, 1.82) is 0 Å². The lowest BCUT2D eigenvalue weighted by Gasteiger charge is -2.49. The standard InChI is InChI=1S/C16H14F5N/c17-15(18)9-14(10-15,13-2-1-7-22-8-13)11-3-5-12(6-4-11)16(19,20)21/h1-6,8,22H,7,9-10H2. The van der Waals surface area contributed by atoms with Crippen LogP contribution in [0, 0.1) is 0 Å². The molecule has 1 aromatic rings. The van der Waals surface area contributed by atoms with E-state index in [1.807, 2.05) is 6.08 Å². The van der Waals surface area contributed by atoms with Gasteiger partial charge < -0.3 is 5.32 Å². The largest absolute Gasteiger partial charge is 0.416 e. The minimum absolute atomic E-state index is 0.386. The number of alkyl halides is 5. The molecule has 0 unspecified atom stereocenters. The van der Waals surface area contributed by atoms with Crippen molar-refractivity contribution in [3.05, 3.63) is 59.3 Å². The highest BCUT2D eigenvalue weighted by Crippen LogP contribution is 2.57. The van der Waals surface area contributed by atoms with Gasteiger partial charge in [-0.25, -0.2) is 8.78 Å². The molecule has 1 heterocycles. The van der Waals surface area contributed by atoms with Gasteiger partial charge in [0.15, 0.2) is 0 Å². The third kappa shape index (κ3) is 2.51. The molecule has 3 rings (SSSR count). The Balaban J connectivity index is 1.97. The van der Waals surface area contributed by atoms with Crippen LogP contribution in [0.25, 0.3) is 0 Å². The van der Waals surface area contributed by atoms with Gasteiger partial charge in [0.1, 0.15) is 0 Å². The van der Waals surface area contributed by atoms with Gasteiger partial charge in [-0.05, 0) is 23.3 Å². The Hall–Kier alpha value is -1.85. The first-order chi connectivity index (χ1) is 10.2. The lowest BCUT2D eigenvalue weighted by Crippen LogP contribution is -2.51. The zero-order valence-electron chi connectivity index (χ0n) is 11.6. The summed E-state index contributed by atoms with van der Waals surface area (Å²) in [7, 11) is 0. The summed E-state index contributed by atoms with van der Waals surface area (Å²) in [4.78, 5) is 0. The van der Waals surface area contributed by atoms with E-state index in [1.54, 1.807) is 12.3 Å². The molecule has 0 bridgehead atoms. The van der Waals surface area contributed by atoms with E-state index in [2.05, 4.69) is 5.32 Å². The smallest absolute Gasteiger partial charge is 0.387 e. The Morgan fingerprint density at radius 1 is 1.00 bits per heavy atom. The van der Waals surface area contributed by atoms with Crippen LogP contribution in [-0.2, 0) is 11.6 Å². The van der Waals surface area contributed by atoms with Gasteiger partial charge in [0.25, 0.3) is 5.92 Å². The summed E-state index contributed by atoms with van der Waals surface area (Å²) in [5, 5.41) is 2.97. The molecular weight excluding hydrogens is 301 g/mol. The minimum Gasteiger partial charge on any atom is -0.387 e. The van der Waals surface area contributed by atoms with Gasteiger partial charge in [-0.15, -0.1) is 0 Å². The quantitative estimate of drug-likeness (QED) is 0.797. The topological polar surface area (TPSA) is 12.0 Å². The lowest BCUT2D eigenvalue weighted by molar-refractivity contribution is -0.137. The summed E-state index contributed by atoms with van der Waals surface area (Å²) >= 11 is 0. The Labute approximate surface area is 124 Å². The molecule has 0 radical (unpaired) electrons. The Bertz CT molecular complexity index is 617. The summed E-state index contributed by atoms with van der Waals surface area (Å²) in [5.74, 6) is -2.78. The highest BCUT2D eigenvalue weighted by atomic mass is 19.4. The molecule has 0 aromatic heterocycles. The molecule has 1 fully saturated rings. The summed E-state index contributed by atoms with van der Waals surface area (Å²) in [6, 6.07) is 4.52. The minimum atomic E-state index is -4.43. The van der Waals surface area contributed by atoms with Gasteiger partial charge in [0, 0.05) is 31.0 Å². The molecule has 1 saturated carbocycles.